The number of nitrogens with one attached hydrogen (secondary N) is 1. The fourth-order valence-corrected chi connectivity index (χ4v) is 3.40. The molecule has 1 aliphatic rings. The molecular weight excluding hydrogens is 333 g/mol. The Morgan fingerprint density at radius 3 is 2.23 bits per heavy atom. The second-order valence-corrected chi connectivity index (χ2v) is 6.92. The summed E-state index contributed by atoms with van der Waals surface area (Å²) < 4.78 is 13.1. The molecule has 0 aliphatic heterocycles. The number of aryl methyl sites for hydroxylation is 1. The van der Waals surface area contributed by atoms with Crippen LogP contribution in [0.2, 0.25) is 0 Å². The molecule has 26 heavy (non-hydrogen) atoms. The summed E-state index contributed by atoms with van der Waals surface area (Å²) in [6.07, 6.45) is 4.02. The minimum atomic E-state index is -0.958. The summed E-state index contributed by atoms with van der Waals surface area (Å²) in [4.78, 5) is 23.0. The lowest BCUT2D eigenvalue weighted by molar-refractivity contribution is -0.121. The molecule has 1 saturated carbocycles. The highest BCUT2D eigenvalue weighted by atomic mass is 19.1. The van der Waals surface area contributed by atoms with Crippen molar-refractivity contribution in [2.24, 2.45) is 0 Å². The second kappa shape index (κ2) is 7.68. The molecule has 2 aromatic rings. The van der Waals surface area contributed by atoms with Crippen molar-refractivity contribution in [1.29, 1.82) is 0 Å². The van der Waals surface area contributed by atoms with Gasteiger partial charge >= 0.3 is 5.97 Å². The minimum absolute atomic E-state index is 0.0271. The van der Waals surface area contributed by atoms with E-state index >= 15 is 0 Å². The number of rotatable bonds is 7. The highest BCUT2D eigenvalue weighted by molar-refractivity contribution is 5.87. The van der Waals surface area contributed by atoms with Crippen molar-refractivity contribution in [3.63, 3.8) is 0 Å². The van der Waals surface area contributed by atoms with Gasteiger partial charge in [-0.2, -0.15) is 0 Å². The van der Waals surface area contributed by atoms with Crippen LogP contribution in [0.4, 0.5) is 4.39 Å². The van der Waals surface area contributed by atoms with E-state index in [9.17, 15) is 14.0 Å². The van der Waals surface area contributed by atoms with E-state index in [-0.39, 0.29) is 22.7 Å². The lowest BCUT2D eigenvalue weighted by Gasteiger charge is -2.42. The Morgan fingerprint density at radius 1 is 1.04 bits per heavy atom. The van der Waals surface area contributed by atoms with Crippen LogP contribution in [-0.4, -0.2) is 23.5 Å². The van der Waals surface area contributed by atoms with Gasteiger partial charge in [-0.1, -0.05) is 30.7 Å². The topological polar surface area (TPSA) is 66.4 Å². The third kappa shape index (κ3) is 4.10. The molecule has 2 N–H and O–H groups in total. The van der Waals surface area contributed by atoms with Crippen LogP contribution in [0.25, 0.3) is 0 Å². The van der Waals surface area contributed by atoms with Gasteiger partial charge in [0.2, 0.25) is 5.91 Å². The monoisotopic (exact) mass is 355 g/mol. The average Bonchev–Trinajstić information content (AvgIpc) is 2.60. The van der Waals surface area contributed by atoms with Gasteiger partial charge in [0.15, 0.2) is 0 Å². The van der Waals surface area contributed by atoms with E-state index in [0.717, 1.165) is 30.4 Å². The first-order chi connectivity index (χ1) is 12.5. The van der Waals surface area contributed by atoms with Crippen molar-refractivity contribution in [2.45, 2.75) is 37.5 Å². The van der Waals surface area contributed by atoms with Crippen molar-refractivity contribution in [1.82, 2.24) is 5.32 Å². The molecule has 0 unspecified atom stereocenters. The number of carboxylic acid groups (broad SMARTS) is 1. The summed E-state index contributed by atoms with van der Waals surface area (Å²) in [6.45, 7) is 0.565. The van der Waals surface area contributed by atoms with Gasteiger partial charge in [0.25, 0.3) is 0 Å². The molecule has 0 saturated heterocycles. The number of hydrogen-bond donors (Lipinski definition) is 2. The fraction of sp³-hybridized carbons (Fsp3) is 0.333. The van der Waals surface area contributed by atoms with E-state index < -0.39 is 5.97 Å². The zero-order valence-corrected chi connectivity index (χ0v) is 14.5. The molecule has 5 heteroatoms. The third-order valence-electron chi connectivity index (χ3n) is 5.23. The Morgan fingerprint density at radius 2 is 1.69 bits per heavy atom. The van der Waals surface area contributed by atoms with Crippen LogP contribution >= 0.6 is 0 Å². The molecule has 4 nitrogen and oxygen atoms in total. The standard InChI is InChI=1S/C21H22FNO3/c22-18-9-7-17(8-10-18)21(12-1-13-21)14-23-19(24)11-4-15-2-5-16(6-3-15)20(25)26/h2-3,5-10H,1,4,11-14H2,(H,23,24)(H,25,26). The molecule has 0 radical (unpaired) electrons. The Kier molecular flexibility index (Phi) is 5.35. The summed E-state index contributed by atoms with van der Waals surface area (Å²) in [5, 5.41) is 11.9. The van der Waals surface area contributed by atoms with Crippen molar-refractivity contribution >= 4 is 11.9 Å². The van der Waals surface area contributed by atoms with E-state index in [0.29, 0.717) is 19.4 Å². The molecule has 1 fully saturated rings. The van der Waals surface area contributed by atoms with Crippen LogP contribution < -0.4 is 5.32 Å². The third-order valence-corrected chi connectivity index (χ3v) is 5.23. The SMILES string of the molecule is O=C(CCc1ccc(C(=O)O)cc1)NCC1(c2ccc(F)cc2)CCC1. The number of hydrogen-bond acceptors (Lipinski definition) is 2. The Balaban J connectivity index is 1.51. The molecule has 0 spiro atoms. The second-order valence-electron chi connectivity index (χ2n) is 6.92. The predicted octanol–water partition coefficient (Wildman–Crippen LogP) is 3.69. The number of carbonyl (C=O) groups is 2. The van der Waals surface area contributed by atoms with Crippen LogP contribution in [0.1, 0.15) is 47.2 Å². The average molecular weight is 355 g/mol. The molecule has 136 valence electrons. The number of halogens is 1. The van der Waals surface area contributed by atoms with Gasteiger partial charge in [-0.05, 0) is 54.7 Å². The van der Waals surface area contributed by atoms with E-state index in [1.807, 2.05) is 12.1 Å². The van der Waals surface area contributed by atoms with Gasteiger partial charge in [-0.15, -0.1) is 0 Å². The molecule has 1 aliphatic carbocycles. The fourth-order valence-electron chi connectivity index (χ4n) is 3.40. The molecular formula is C21H22FNO3. The predicted molar refractivity (Wildman–Crippen MR) is 96.7 cm³/mol. The highest BCUT2D eigenvalue weighted by Crippen LogP contribution is 2.43. The van der Waals surface area contributed by atoms with Crippen molar-refractivity contribution in [3.05, 3.63) is 71.0 Å². The summed E-state index contributed by atoms with van der Waals surface area (Å²) in [5.41, 5.74) is 2.17. The van der Waals surface area contributed by atoms with Crippen LogP contribution in [-0.2, 0) is 16.6 Å². The van der Waals surface area contributed by atoms with Gasteiger partial charge in [-0.3, -0.25) is 4.79 Å². The molecule has 1 amide bonds. The highest BCUT2D eigenvalue weighted by Gasteiger charge is 2.38. The first kappa shape index (κ1) is 18.1. The van der Waals surface area contributed by atoms with Crippen LogP contribution in [0.3, 0.4) is 0 Å². The molecule has 0 atom stereocenters. The first-order valence-electron chi connectivity index (χ1n) is 8.83. The zero-order valence-electron chi connectivity index (χ0n) is 14.5. The number of carboxylic acids is 1. The Hall–Kier alpha value is -2.69. The van der Waals surface area contributed by atoms with E-state index in [2.05, 4.69) is 5.32 Å². The number of aromatic carboxylic acids is 1. The molecule has 2 aromatic carbocycles. The summed E-state index contributed by atoms with van der Waals surface area (Å²) in [6, 6.07) is 13.1. The summed E-state index contributed by atoms with van der Waals surface area (Å²) in [7, 11) is 0. The Bertz CT molecular complexity index is 780. The summed E-state index contributed by atoms with van der Waals surface area (Å²) in [5.74, 6) is -1.23. The van der Waals surface area contributed by atoms with Crippen molar-refractivity contribution in [3.8, 4) is 0 Å². The zero-order chi connectivity index (χ0) is 18.6. The van der Waals surface area contributed by atoms with Gasteiger partial charge in [0.1, 0.15) is 5.82 Å². The molecule has 0 bridgehead atoms. The Labute approximate surface area is 152 Å². The molecule has 0 aromatic heterocycles. The van der Waals surface area contributed by atoms with Gasteiger partial charge in [0, 0.05) is 18.4 Å². The van der Waals surface area contributed by atoms with Crippen LogP contribution in [0, 0.1) is 5.82 Å². The largest absolute Gasteiger partial charge is 0.478 e. The van der Waals surface area contributed by atoms with E-state index in [1.165, 1.54) is 12.1 Å². The first-order valence-corrected chi connectivity index (χ1v) is 8.83. The normalized spacial score (nSPS) is 15.1. The van der Waals surface area contributed by atoms with E-state index in [1.54, 1.807) is 24.3 Å². The maximum Gasteiger partial charge on any atom is 0.335 e. The van der Waals surface area contributed by atoms with Crippen LogP contribution in [0.15, 0.2) is 48.5 Å². The maximum atomic E-state index is 13.1. The smallest absolute Gasteiger partial charge is 0.335 e. The quantitative estimate of drug-likeness (QED) is 0.796. The van der Waals surface area contributed by atoms with Gasteiger partial charge in [-0.25, -0.2) is 9.18 Å². The maximum absolute atomic E-state index is 13.1. The van der Waals surface area contributed by atoms with E-state index in [4.69, 9.17) is 5.11 Å². The van der Waals surface area contributed by atoms with Crippen molar-refractivity contribution in [2.75, 3.05) is 6.54 Å². The summed E-state index contributed by atoms with van der Waals surface area (Å²) >= 11 is 0. The van der Waals surface area contributed by atoms with Crippen LogP contribution in [0.5, 0.6) is 0 Å². The molecule has 3 rings (SSSR count). The van der Waals surface area contributed by atoms with Gasteiger partial charge < -0.3 is 10.4 Å². The number of benzene rings is 2. The van der Waals surface area contributed by atoms with Crippen molar-refractivity contribution < 1.29 is 19.1 Å². The lowest BCUT2D eigenvalue weighted by Crippen LogP contribution is -2.45. The lowest BCUT2D eigenvalue weighted by atomic mass is 9.64. The van der Waals surface area contributed by atoms with Gasteiger partial charge in [0.05, 0.1) is 5.56 Å². The number of amides is 1. The molecule has 0 heterocycles. The minimum Gasteiger partial charge on any atom is -0.478 e. The number of carbonyl (C=O) groups excluding carboxylic acids is 1.